The van der Waals surface area contributed by atoms with Gasteiger partial charge in [-0.3, -0.25) is 9.89 Å². The Balaban J connectivity index is 2.15. The van der Waals surface area contributed by atoms with Gasteiger partial charge in [0.2, 0.25) is 0 Å². The van der Waals surface area contributed by atoms with E-state index in [1.165, 1.54) is 6.07 Å². The molecule has 0 saturated carbocycles. The van der Waals surface area contributed by atoms with Gasteiger partial charge >= 0.3 is 0 Å². The van der Waals surface area contributed by atoms with E-state index < -0.39 is 0 Å². The highest BCUT2D eigenvalue weighted by molar-refractivity contribution is 5.93. The Morgan fingerprint density at radius 2 is 2.39 bits per heavy atom. The zero-order valence-corrected chi connectivity index (χ0v) is 10.8. The lowest BCUT2D eigenvalue weighted by molar-refractivity contribution is 0.0699. The summed E-state index contributed by atoms with van der Waals surface area (Å²) in [5, 5.41) is 16.2. The van der Waals surface area contributed by atoms with Gasteiger partial charge in [0.1, 0.15) is 11.5 Å². The Kier molecular flexibility index (Phi) is 3.30. The summed E-state index contributed by atoms with van der Waals surface area (Å²) < 4.78 is 0. The number of nitrogens with two attached hydrogens (primary N) is 1. The average Bonchev–Trinajstić information content (AvgIpc) is 2.63. The first-order valence-electron chi connectivity index (χ1n) is 6.16. The normalized spacial score (nSPS) is 23.7. The van der Waals surface area contributed by atoms with E-state index in [-0.39, 0.29) is 17.4 Å². The molecule has 6 heteroatoms. The number of anilines is 1. The minimum absolute atomic E-state index is 0.0862. The molecule has 0 bridgehead atoms. The van der Waals surface area contributed by atoms with Crippen molar-refractivity contribution < 1.29 is 9.90 Å². The maximum Gasteiger partial charge on any atom is 0.271 e. The van der Waals surface area contributed by atoms with E-state index in [0.717, 1.165) is 0 Å². The summed E-state index contributed by atoms with van der Waals surface area (Å²) >= 11 is 0. The summed E-state index contributed by atoms with van der Waals surface area (Å²) in [6.07, 6.45) is 0.977. The highest BCUT2D eigenvalue weighted by Gasteiger charge is 2.32. The molecule has 0 spiro atoms. The molecule has 1 saturated heterocycles. The van der Waals surface area contributed by atoms with E-state index >= 15 is 0 Å². The Labute approximate surface area is 106 Å². The van der Waals surface area contributed by atoms with Crippen molar-refractivity contribution in [1.29, 1.82) is 0 Å². The first-order chi connectivity index (χ1) is 8.37. The maximum absolute atomic E-state index is 12.3. The second-order valence-electron chi connectivity index (χ2n) is 5.74. The Bertz CT molecular complexity index is 441. The molecule has 100 valence electrons. The van der Waals surface area contributed by atoms with Gasteiger partial charge in [-0.05, 0) is 18.3 Å². The van der Waals surface area contributed by atoms with E-state index in [9.17, 15) is 9.90 Å². The maximum atomic E-state index is 12.3. The first-order valence-corrected chi connectivity index (χ1v) is 6.16. The van der Waals surface area contributed by atoms with Crippen molar-refractivity contribution in [2.75, 3.05) is 18.8 Å². The van der Waals surface area contributed by atoms with Crippen LogP contribution in [0.1, 0.15) is 37.2 Å². The summed E-state index contributed by atoms with van der Waals surface area (Å²) in [6, 6.07) is 1.54. The average molecular weight is 252 g/mol. The SMILES string of the molecule is CC1(C)C[C@H](O)CCN(C(=O)c2cc(N)n[nH]2)C1. The van der Waals surface area contributed by atoms with Gasteiger partial charge in [-0.15, -0.1) is 0 Å². The molecule has 1 atom stereocenters. The minimum atomic E-state index is -0.343. The van der Waals surface area contributed by atoms with Crippen LogP contribution in [0.25, 0.3) is 0 Å². The van der Waals surface area contributed by atoms with Crippen molar-refractivity contribution in [3.63, 3.8) is 0 Å². The molecule has 1 amide bonds. The zero-order chi connectivity index (χ0) is 13.3. The number of nitrogens with one attached hydrogen (secondary N) is 1. The number of likely N-dealkylation sites (tertiary alicyclic amines) is 1. The first kappa shape index (κ1) is 12.9. The van der Waals surface area contributed by atoms with Crippen LogP contribution < -0.4 is 5.73 Å². The highest BCUT2D eigenvalue weighted by atomic mass is 16.3. The fraction of sp³-hybridized carbons (Fsp3) is 0.667. The molecule has 1 aliphatic heterocycles. The summed E-state index contributed by atoms with van der Waals surface area (Å²) in [5.74, 6) is 0.203. The third kappa shape index (κ3) is 2.81. The number of rotatable bonds is 1. The third-order valence-corrected chi connectivity index (χ3v) is 3.25. The fourth-order valence-corrected chi connectivity index (χ4v) is 2.50. The van der Waals surface area contributed by atoms with Crippen LogP contribution >= 0.6 is 0 Å². The lowest BCUT2D eigenvalue weighted by Gasteiger charge is -2.29. The molecular formula is C12H20N4O2. The number of nitrogens with zero attached hydrogens (tertiary/aromatic N) is 2. The van der Waals surface area contributed by atoms with Crippen LogP contribution in [0.3, 0.4) is 0 Å². The Morgan fingerprint density at radius 3 is 3.00 bits per heavy atom. The van der Waals surface area contributed by atoms with Crippen LogP contribution in [0.15, 0.2) is 6.07 Å². The van der Waals surface area contributed by atoms with E-state index in [4.69, 9.17) is 5.73 Å². The van der Waals surface area contributed by atoms with Crippen molar-refractivity contribution in [1.82, 2.24) is 15.1 Å². The summed E-state index contributed by atoms with van der Waals surface area (Å²) in [6.45, 7) is 5.30. The number of carbonyl (C=O) groups is 1. The van der Waals surface area contributed by atoms with E-state index in [1.54, 1.807) is 4.90 Å². The largest absolute Gasteiger partial charge is 0.393 e. The van der Waals surface area contributed by atoms with Gasteiger partial charge in [-0.2, -0.15) is 5.10 Å². The molecule has 0 aliphatic carbocycles. The molecule has 18 heavy (non-hydrogen) atoms. The number of aromatic nitrogens is 2. The van der Waals surface area contributed by atoms with Crippen molar-refractivity contribution in [3.8, 4) is 0 Å². The Hall–Kier alpha value is -1.56. The summed E-state index contributed by atoms with van der Waals surface area (Å²) in [4.78, 5) is 14.0. The van der Waals surface area contributed by atoms with E-state index in [2.05, 4.69) is 24.0 Å². The minimum Gasteiger partial charge on any atom is -0.393 e. The number of hydrogen-bond donors (Lipinski definition) is 3. The second-order valence-corrected chi connectivity index (χ2v) is 5.74. The number of aliphatic hydroxyl groups is 1. The van der Waals surface area contributed by atoms with Crippen LogP contribution in [-0.2, 0) is 0 Å². The van der Waals surface area contributed by atoms with Gasteiger partial charge in [-0.1, -0.05) is 13.8 Å². The van der Waals surface area contributed by atoms with Crippen LogP contribution in [0, 0.1) is 5.41 Å². The van der Waals surface area contributed by atoms with Gasteiger partial charge in [-0.25, -0.2) is 0 Å². The molecule has 1 aromatic heterocycles. The van der Waals surface area contributed by atoms with Crippen LogP contribution in [0.2, 0.25) is 0 Å². The molecule has 1 aliphatic rings. The monoisotopic (exact) mass is 252 g/mol. The van der Waals surface area contributed by atoms with Gasteiger partial charge in [0.25, 0.3) is 5.91 Å². The number of aromatic amines is 1. The number of nitrogen functional groups attached to an aromatic ring is 1. The highest BCUT2D eigenvalue weighted by Crippen LogP contribution is 2.28. The van der Waals surface area contributed by atoms with E-state index in [0.29, 0.717) is 37.4 Å². The third-order valence-electron chi connectivity index (χ3n) is 3.25. The van der Waals surface area contributed by atoms with Crippen molar-refractivity contribution in [2.24, 2.45) is 5.41 Å². The molecule has 0 radical (unpaired) electrons. The molecule has 1 fully saturated rings. The molecule has 4 N–H and O–H groups in total. The number of hydrogen-bond acceptors (Lipinski definition) is 4. The molecule has 2 rings (SSSR count). The summed E-state index contributed by atoms with van der Waals surface area (Å²) in [7, 11) is 0. The van der Waals surface area contributed by atoms with Gasteiger partial charge < -0.3 is 15.7 Å². The Morgan fingerprint density at radius 1 is 1.67 bits per heavy atom. The number of aliphatic hydroxyl groups excluding tert-OH is 1. The lowest BCUT2D eigenvalue weighted by atomic mass is 9.87. The van der Waals surface area contributed by atoms with Crippen LogP contribution in [0.5, 0.6) is 0 Å². The predicted molar refractivity (Wildman–Crippen MR) is 67.9 cm³/mol. The van der Waals surface area contributed by atoms with Gasteiger partial charge in [0.05, 0.1) is 6.10 Å². The topological polar surface area (TPSA) is 95.2 Å². The molecule has 0 unspecified atom stereocenters. The van der Waals surface area contributed by atoms with Gasteiger partial charge in [0, 0.05) is 19.2 Å². The molecule has 2 heterocycles. The van der Waals surface area contributed by atoms with Crippen molar-refractivity contribution >= 4 is 11.7 Å². The van der Waals surface area contributed by atoms with Crippen molar-refractivity contribution in [3.05, 3.63) is 11.8 Å². The smallest absolute Gasteiger partial charge is 0.271 e. The van der Waals surface area contributed by atoms with Crippen LogP contribution in [-0.4, -0.2) is 45.3 Å². The quantitative estimate of drug-likeness (QED) is 0.682. The molecular weight excluding hydrogens is 232 g/mol. The number of H-pyrrole nitrogens is 1. The van der Waals surface area contributed by atoms with Gasteiger partial charge in [0.15, 0.2) is 0 Å². The number of carbonyl (C=O) groups excluding carboxylic acids is 1. The molecule has 1 aromatic rings. The van der Waals surface area contributed by atoms with Crippen molar-refractivity contribution in [2.45, 2.75) is 32.8 Å². The predicted octanol–water partition coefficient (Wildman–Crippen LogP) is 0.615. The molecule has 0 aromatic carbocycles. The van der Waals surface area contributed by atoms with Crippen LogP contribution in [0.4, 0.5) is 5.82 Å². The van der Waals surface area contributed by atoms with E-state index in [1.807, 2.05) is 0 Å². The standard InChI is InChI=1S/C12H20N4O2/c1-12(2)6-8(17)3-4-16(7-12)11(18)9-5-10(13)15-14-9/h5,8,17H,3-4,6-7H2,1-2H3,(H3,13,14,15)/t8-/m1/s1. The number of amides is 1. The molecule has 6 nitrogen and oxygen atoms in total. The lowest BCUT2D eigenvalue weighted by Crippen LogP contribution is -2.37. The zero-order valence-electron chi connectivity index (χ0n) is 10.8. The second kappa shape index (κ2) is 4.61. The fourth-order valence-electron chi connectivity index (χ4n) is 2.50. The summed E-state index contributed by atoms with van der Waals surface area (Å²) in [5.41, 5.74) is 5.82.